The smallest absolute Gasteiger partial charge is 0.0661 e. The molecule has 0 saturated heterocycles. The number of fused-ring (bicyclic) bond motifs is 5. The van der Waals surface area contributed by atoms with E-state index in [4.69, 9.17) is 0 Å². The van der Waals surface area contributed by atoms with Gasteiger partial charge in [-0.15, -0.1) is 0 Å². The third-order valence-corrected chi connectivity index (χ3v) is 8.72. The molecule has 4 saturated carbocycles. The molecule has 9 atom stereocenters. The van der Waals surface area contributed by atoms with Gasteiger partial charge in [0.1, 0.15) is 0 Å². The van der Waals surface area contributed by atoms with Crippen molar-refractivity contribution in [2.45, 2.75) is 77.4 Å². The van der Waals surface area contributed by atoms with E-state index in [2.05, 4.69) is 19.9 Å². The molecule has 0 aromatic carbocycles. The lowest BCUT2D eigenvalue weighted by atomic mass is 9.44. The van der Waals surface area contributed by atoms with Crippen molar-refractivity contribution in [2.24, 2.45) is 40.4 Å². The summed E-state index contributed by atoms with van der Waals surface area (Å²) in [5, 5.41) is 30.8. The van der Waals surface area contributed by atoms with E-state index < -0.39 is 0 Å². The van der Waals surface area contributed by atoms with E-state index in [9.17, 15) is 15.5 Å². The first-order valence-electron chi connectivity index (χ1n) is 9.66. The fourth-order valence-corrected chi connectivity index (χ4v) is 7.57. The van der Waals surface area contributed by atoms with Gasteiger partial charge in [-0.2, -0.15) is 5.26 Å². The molecule has 0 aromatic heterocycles. The van der Waals surface area contributed by atoms with Gasteiger partial charge >= 0.3 is 0 Å². The first-order valence-corrected chi connectivity index (χ1v) is 9.66. The number of aliphatic hydroxyl groups is 2. The molecule has 23 heavy (non-hydrogen) atoms. The molecule has 0 amide bonds. The maximum absolute atomic E-state index is 11.1. The predicted molar refractivity (Wildman–Crippen MR) is 88.2 cm³/mol. The van der Waals surface area contributed by atoms with Gasteiger partial charge < -0.3 is 10.2 Å². The van der Waals surface area contributed by atoms with E-state index in [1.165, 1.54) is 19.3 Å². The molecule has 4 rings (SSSR count). The zero-order chi connectivity index (χ0) is 16.4. The fraction of sp³-hybridized carbons (Fsp3) is 0.950. The number of rotatable bonds is 0. The van der Waals surface area contributed by atoms with E-state index in [1.54, 1.807) is 0 Å². The highest BCUT2D eigenvalue weighted by Gasteiger charge is 2.63. The molecule has 128 valence electrons. The van der Waals surface area contributed by atoms with Gasteiger partial charge in [0.2, 0.25) is 0 Å². The lowest BCUT2D eigenvalue weighted by molar-refractivity contribution is -0.175. The molecule has 0 aliphatic heterocycles. The van der Waals surface area contributed by atoms with Crippen LogP contribution in [0.25, 0.3) is 0 Å². The molecule has 4 aliphatic rings. The van der Waals surface area contributed by atoms with Crippen LogP contribution in [-0.2, 0) is 0 Å². The number of aliphatic hydroxyl groups excluding tert-OH is 2. The lowest BCUT2D eigenvalue weighted by Gasteiger charge is -2.62. The number of nitriles is 1. The fourth-order valence-electron chi connectivity index (χ4n) is 7.57. The SMILES string of the molecule is C[C@]12CC[C@@H](O)C[C@H]1CC[C@@H]1[C@@H]2[C@@H](O)C[C@]2(C)[C@H](C#N)CC[C@@H]12. The van der Waals surface area contributed by atoms with Crippen LogP contribution in [0.3, 0.4) is 0 Å². The molecule has 3 nitrogen and oxygen atoms in total. The summed E-state index contributed by atoms with van der Waals surface area (Å²) in [5.74, 6) is 2.27. The average molecular weight is 317 g/mol. The third-order valence-electron chi connectivity index (χ3n) is 8.72. The molecule has 0 radical (unpaired) electrons. The minimum atomic E-state index is -0.266. The maximum atomic E-state index is 11.1. The number of hydrogen-bond donors (Lipinski definition) is 2. The molecular weight excluding hydrogens is 286 g/mol. The summed E-state index contributed by atoms with van der Waals surface area (Å²) in [4.78, 5) is 0. The zero-order valence-corrected chi connectivity index (χ0v) is 14.5. The van der Waals surface area contributed by atoms with Gasteiger partial charge in [0.05, 0.1) is 24.2 Å². The van der Waals surface area contributed by atoms with E-state index in [0.29, 0.717) is 23.7 Å². The Kier molecular flexibility index (Phi) is 3.60. The van der Waals surface area contributed by atoms with Crippen molar-refractivity contribution < 1.29 is 10.2 Å². The topological polar surface area (TPSA) is 64.2 Å². The van der Waals surface area contributed by atoms with Crippen molar-refractivity contribution in [3.63, 3.8) is 0 Å². The van der Waals surface area contributed by atoms with Crippen molar-refractivity contribution in [3.05, 3.63) is 0 Å². The Morgan fingerprint density at radius 2 is 1.78 bits per heavy atom. The quantitative estimate of drug-likeness (QED) is 0.718. The van der Waals surface area contributed by atoms with Gasteiger partial charge in [0, 0.05) is 0 Å². The van der Waals surface area contributed by atoms with E-state index >= 15 is 0 Å². The van der Waals surface area contributed by atoms with Crippen LogP contribution >= 0.6 is 0 Å². The minimum absolute atomic E-state index is 0.0205. The van der Waals surface area contributed by atoms with Gasteiger partial charge in [0.25, 0.3) is 0 Å². The Labute approximate surface area is 140 Å². The highest BCUT2D eigenvalue weighted by atomic mass is 16.3. The van der Waals surface area contributed by atoms with Gasteiger partial charge in [-0.3, -0.25) is 0 Å². The summed E-state index contributed by atoms with van der Waals surface area (Å²) in [6, 6.07) is 2.55. The van der Waals surface area contributed by atoms with Crippen LogP contribution in [0.15, 0.2) is 0 Å². The van der Waals surface area contributed by atoms with Gasteiger partial charge in [-0.1, -0.05) is 13.8 Å². The average Bonchev–Trinajstić information content (AvgIpc) is 2.83. The standard InChI is InChI=1S/C20H31NO2/c1-19-8-7-14(22)9-12(19)3-5-15-16-6-4-13(11-21)20(16,2)10-17(23)18(15)19/h12-18,22-23H,3-10H2,1-2H3/t12-,13+,14-,15+,16+,17+,18-,19+,20-/m1/s1. The minimum Gasteiger partial charge on any atom is -0.393 e. The van der Waals surface area contributed by atoms with Crippen LogP contribution in [0.1, 0.15) is 65.2 Å². The Balaban J connectivity index is 1.68. The summed E-state index contributed by atoms with van der Waals surface area (Å²) < 4.78 is 0. The van der Waals surface area contributed by atoms with Gasteiger partial charge in [-0.25, -0.2) is 0 Å². The molecule has 4 fully saturated rings. The second-order valence-corrected chi connectivity index (χ2v) is 9.54. The van der Waals surface area contributed by atoms with Crippen molar-refractivity contribution in [1.82, 2.24) is 0 Å². The molecule has 0 heterocycles. The molecule has 0 unspecified atom stereocenters. The Hall–Kier alpha value is -0.590. The van der Waals surface area contributed by atoms with Crippen LogP contribution in [0, 0.1) is 51.8 Å². The Morgan fingerprint density at radius 3 is 2.52 bits per heavy atom. The summed E-state index contributed by atoms with van der Waals surface area (Å²) in [7, 11) is 0. The Morgan fingerprint density at radius 1 is 1.00 bits per heavy atom. The van der Waals surface area contributed by atoms with E-state index in [0.717, 1.165) is 32.1 Å². The molecule has 0 bridgehead atoms. The molecule has 3 heteroatoms. The van der Waals surface area contributed by atoms with Crippen molar-refractivity contribution in [3.8, 4) is 6.07 Å². The molecular formula is C20H31NO2. The van der Waals surface area contributed by atoms with Crippen LogP contribution < -0.4 is 0 Å². The van der Waals surface area contributed by atoms with Gasteiger partial charge in [-0.05, 0) is 85.9 Å². The third kappa shape index (κ3) is 2.07. The van der Waals surface area contributed by atoms with Crippen molar-refractivity contribution >= 4 is 0 Å². The maximum Gasteiger partial charge on any atom is 0.0661 e. The molecule has 0 aromatic rings. The summed E-state index contributed by atoms with van der Waals surface area (Å²) in [6.45, 7) is 4.67. The molecule has 0 spiro atoms. The summed E-state index contributed by atoms with van der Waals surface area (Å²) in [6.07, 6.45) is 7.87. The normalized spacial score (nSPS) is 58.7. The van der Waals surface area contributed by atoms with E-state index in [1.807, 2.05) is 0 Å². The molecule has 2 N–H and O–H groups in total. The van der Waals surface area contributed by atoms with Crippen LogP contribution in [-0.4, -0.2) is 22.4 Å². The van der Waals surface area contributed by atoms with E-state index in [-0.39, 0.29) is 29.0 Å². The Bertz CT molecular complexity index is 528. The lowest BCUT2D eigenvalue weighted by Crippen LogP contribution is -2.59. The highest BCUT2D eigenvalue weighted by molar-refractivity contribution is 5.14. The first-order chi connectivity index (χ1) is 10.9. The largest absolute Gasteiger partial charge is 0.393 e. The monoisotopic (exact) mass is 317 g/mol. The molecule has 4 aliphatic carbocycles. The van der Waals surface area contributed by atoms with Crippen molar-refractivity contribution in [1.29, 1.82) is 5.26 Å². The van der Waals surface area contributed by atoms with Crippen LogP contribution in [0.5, 0.6) is 0 Å². The highest BCUT2D eigenvalue weighted by Crippen LogP contribution is 2.67. The van der Waals surface area contributed by atoms with Crippen LogP contribution in [0.2, 0.25) is 0 Å². The summed E-state index contributed by atoms with van der Waals surface area (Å²) in [5.41, 5.74) is 0.209. The summed E-state index contributed by atoms with van der Waals surface area (Å²) >= 11 is 0. The van der Waals surface area contributed by atoms with Crippen molar-refractivity contribution in [2.75, 3.05) is 0 Å². The van der Waals surface area contributed by atoms with Gasteiger partial charge in [0.15, 0.2) is 0 Å². The second-order valence-electron chi connectivity index (χ2n) is 9.54. The van der Waals surface area contributed by atoms with Crippen LogP contribution in [0.4, 0.5) is 0 Å². The number of nitrogens with zero attached hydrogens (tertiary/aromatic N) is 1. The zero-order valence-electron chi connectivity index (χ0n) is 14.5. The first kappa shape index (κ1) is 15.9. The second kappa shape index (κ2) is 5.20. The predicted octanol–water partition coefficient (Wildman–Crippen LogP) is 3.50. The number of hydrogen-bond acceptors (Lipinski definition) is 3.